The molecule has 128 valence electrons. The zero-order valence-electron chi connectivity index (χ0n) is 14.1. The van der Waals surface area contributed by atoms with Gasteiger partial charge in [-0.15, -0.1) is 0 Å². The van der Waals surface area contributed by atoms with Gasteiger partial charge in [-0.05, 0) is 51.9 Å². The van der Waals surface area contributed by atoms with Crippen LogP contribution in [0.2, 0.25) is 0 Å². The van der Waals surface area contributed by atoms with Crippen molar-refractivity contribution < 1.29 is 19.0 Å². The summed E-state index contributed by atoms with van der Waals surface area (Å²) in [6, 6.07) is 0. The molecule has 2 fully saturated rings. The Labute approximate surface area is 134 Å². The first-order valence-electron chi connectivity index (χ1n) is 8.92. The molecule has 0 spiro atoms. The lowest BCUT2D eigenvalue weighted by atomic mass is 9.87. The molecule has 1 unspecified atom stereocenters. The van der Waals surface area contributed by atoms with Gasteiger partial charge in [-0.2, -0.15) is 0 Å². The Morgan fingerprint density at radius 3 is 2.41 bits per heavy atom. The van der Waals surface area contributed by atoms with E-state index >= 15 is 0 Å². The first-order chi connectivity index (χ1) is 10.7. The molecule has 1 aliphatic carbocycles. The molecule has 1 saturated carbocycles. The maximum atomic E-state index is 11.8. The van der Waals surface area contributed by atoms with Crippen LogP contribution in [0.15, 0.2) is 0 Å². The third-order valence-electron chi connectivity index (χ3n) is 4.51. The van der Waals surface area contributed by atoms with Crippen molar-refractivity contribution in [2.45, 2.75) is 71.3 Å². The van der Waals surface area contributed by atoms with Crippen LogP contribution in [0.25, 0.3) is 0 Å². The average molecular weight is 313 g/mol. The van der Waals surface area contributed by atoms with E-state index in [4.69, 9.17) is 14.2 Å². The second-order valence-corrected chi connectivity index (χ2v) is 6.28. The van der Waals surface area contributed by atoms with Crippen LogP contribution >= 0.6 is 0 Å². The van der Waals surface area contributed by atoms with Crippen molar-refractivity contribution >= 4 is 5.97 Å². The Morgan fingerprint density at radius 1 is 1.14 bits per heavy atom. The third kappa shape index (κ3) is 5.21. The molecule has 0 amide bonds. The van der Waals surface area contributed by atoms with Gasteiger partial charge in [-0.25, -0.2) is 0 Å². The van der Waals surface area contributed by atoms with Gasteiger partial charge in [0.15, 0.2) is 0 Å². The second-order valence-electron chi connectivity index (χ2n) is 6.28. The average Bonchev–Trinajstić information content (AvgIpc) is 3.06. The summed E-state index contributed by atoms with van der Waals surface area (Å²) in [5, 5.41) is 0. The van der Waals surface area contributed by atoms with Crippen molar-refractivity contribution in [3.05, 3.63) is 0 Å². The fraction of sp³-hybridized carbons (Fsp3) is 0.941. The van der Waals surface area contributed by atoms with Gasteiger partial charge in [-0.1, -0.05) is 6.92 Å². The predicted molar refractivity (Wildman–Crippen MR) is 84.3 cm³/mol. The Balaban J connectivity index is 1.77. The summed E-state index contributed by atoms with van der Waals surface area (Å²) in [7, 11) is 0. The number of likely N-dealkylation sites (tertiary alicyclic amines) is 1. The molecule has 0 aromatic carbocycles. The largest absolute Gasteiger partial charge is 0.466 e. The molecule has 2 aliphatic rings. The number of hydrogen-bond donors (Lipinski definition) is 0. The van der Waals surface area contributed by atoms with Crippen molar-refractivity contribution in [1.82, 2.24) is 4.90 Å². The fourth-order valence-corrected chi connectivity index (χ4v) is 3.26. The molecule has 5 heteroatoms. The molecule has 0 radical (unpaired) electrons. The van der Waals surface area contributed by atoms with E-state index in [2.05, 4.69) is 11.8 Å². The van der Waals surface area contributed by atoms with Gasteiger partial charge in [0, 0.05) is 13.1 Å². The predicted octanol–water partition coefficient (Wildman–Crippen LogP) is 2.93. The summed E-state index contributed by atoms with van der Waals surface area (Å²) in [5.41, 5.74) is 0. The summed E-state index contributed by atoms with van der Waals surface area (Å²) in [4.78, 5) is 14.1. The topological polar surface area (TPSA) is 48.0 Å². The Morgan fingerprint density at radius 2 is 1.82 bits per heavy atom. The molecule has 0 aromatic rings. The highest BCUT2D eigenvalue weighted by atomic mass is 16.7. The van der Waals surface area contributed by atoms with Gasteiger partial charge in [0.1, 0.15) is 0 Å². The molecule has 1 aliphatic heterocycles. The van der Waals surface area contributed by atoms with Crippen LogP contribution in [-0.4, -0.2) is 49.7 Å². The van der Waals surface area contributed by atoms with E-state index in [1.165, 1.54) is 12.8 Å². The fourth-order valence-electron chi connectivity index (χ4n) is 3.26. The molecule has 2 rings (SSSR count). The van der Waals surface area contributed by atoms with E-state index < -0.39 is 0 Å². The molecule has 1 heterocycles. The lowest BCUT2D eigenvalue weighted by Gasteiger charge is -2.34. The molecule has 0 bridgehead atoms. The van der Waals surface area contributed by atoms with E-state index in [0.717, 1.165) is 51.8 Å². The number of ether oxygens (including phenoxy) is 3. The standard InChI is InChI=1S/C17H31NO4/c1-3-13-21-17(18-11-5-6-12-18)22-15-9-7-14(8-10-15)16(19)20-4-2/h14-15,17H,3-13H2,1-2H3/t14-,15-,17?. The van der Waals surface area contributed by atoms with Crippen LogP contribution < -0.4 is 0 Å². The van der Waals surface area contributed by atoms with Crippen LogP contribution in [0.3, 0.4) is 0 Å². The minimum absolute atomic E-state index is 0.0423. The third-order valence-corrected chi connectivity index (χ3v) is 4.51. The van der Waals surface area contributed by atoms with Crippen LogP contribution in [0.5, 0.6) is 0 Å². The molecular weight excluding hydrogens is 282 g/mol. The van der Waals surface area contributed by atoms with E-state index in [-0.39, 0.29) is 24.4 Å². The lowest BCUT2D eigenvalue weighted by molar-refractivity contribution is -0.245. The van der Waals surface area contributed by atoms with Crippen molar-refractivity contribution in [3.63, 3.8) is 0 Å². The van der Waals surface area contributed by atoms with E-state index in [0.29, 0.717) is 6.61 Å². The van der Waals surface area contributed by atoms with Crippen molar-refractivity contribution in [2.24, 2.45) is 5.92 Å². The normalized spacial score (nSPS) is 27.7. The molecule has 1 atom stereocenters. The SMILES string of the molecule is CCCOC(O[C@H]1CC[C@H](C(=O)OCC)CC1)N1CCCC1. The first kappa shape index (κ1) is 17.7. The van der Waals surface area contributed by atoms with Gasteiger partial charge in [0.05, 0.1) is 25.2 Å². The van der Waals surface area contributed by atoms with Gasteiger partial charge < -0.3 is 14.2 Å². The lowest BCUT2D eigenvalue weighted by Crippen LogP contribution is -2.41. The van der Waals surface area contributed by atoms with E-state index in [9.17, 15) is 4.79 Å². The number of carbonyl (C=O) groups is 1. The molecule has 1 saturated heterocycles. The van der Waals surface area contributed by atoms with Gasteiger partial charge >= 0.3 is 5.97 Å². The van der Waals surface area contributed by atoms with Gasteiger partial charge in [0.2, 0.25) is 6.41 Å². The monoisotopic (exact) mass is 313 g/mol. The Kier molecular flexibility index (Phi) is 7.63. The number of hydrogen-bond acceptors (Lipinski definition) is 5. The maximum Gasteiger partial charge on any atom is 0.308 e. The van der Waals surface area contributed by atoms with Gasteiger partial charge in [0.25, 0.3) is 0 Å². The summed E-state index contributed by atoms with van der Waals surface area (Å²) in [5.74, 6) is 0.0147. The highest BCUT2D eigenvalue weighted by Gasteiger charge is 2.31. The number of esters is 1. The summed E-state index contributed by atoms with van der Waals surface area (Å²) >= 11 is 0. The zero-order valence-corrected chi connectivity index (χ0v) is 14.1. The Hall–Kier alpha value is -0.650. The summed E-state index contributed by atoms with van der Waals surface area (Å²) in [6.07, 6.45) is 7.03. The highest BCUT2D eigenvalue weighted by Crippen LogP contribution is 2.29. The number of rotatable bonds is 8. The Bertz CT molecular complexity index is 323. The quantitative estimate of drug-likeness (QED) is 0.509. The van der Waals surface area contributed by atoms with Crippen LogP contribution in [0, 0.1) is 5.92 Å². The smallest absolute Gasteiger partial charge is 0.308 e. The van der Waals surface area contributed by atoms with Crippen LogP contribution in [0.1, 0.15) is 58.8 Å². The molecule has 0 aromatic heterocycles. The van der Waals surface area contributed by atoms with Gasteiger partial charge in [-0.3, -0.25) is 9.69 Å². The van der Waals surface area contributed by atoms with Crippen molar-refractivity contribution in [3.8, 4) is 0 Å². The van der Waals surface area contributed by atoms with Crippen molar-refractivity contribution in [1.29, 1.82) is 0 Å². The minimum Gasteiger partial charge on any atom is -0.466 e. The van der Waals surface area contributed by atoms with Crippen LogP contribution in [0.4, 0.5) is 0 Å². The summed E-state index contributed by atoms with van der Waals surface area (Å²) in [6.45, 7) is 7.31. The molecule has 0 N–H and O–H groups in total. The first-order valence-corrected chi connectivity index (χ1v) is 8.92. The molecule has 22 heavy (non-hydrogen) atoms. The second kappa shape index (κ2) is 9.48. The molecular formula is C17H31NO4. The van der Waals surface area contributed by atoms with E-state index in [1.54, 1.807) is 0 Å². The van der Waals surface area contributed by atoms with E-state index in [1.807, 2.05) is 6.92 Å². The maximum absolute atomic E-state index is 11.8. The minimum atomic E-state index is -0.202. The molecule has 5 nitrogen and oxygen atoms in total. The number of carbonyl (C=O) groups excluding carboxylic acids is 1. The summed E-state index contributed by atoms with van der Waals surface area (Å²) < 4.78 is 17.2. The zero-order chi connectivity index (χ0) is 15.8. The number of nitrogens with zero attached hydrogens (tertiary/aromatic N) is 1. The van der Waals surface area contributed by atoms with Crippen molar-refractivity contribution in [2.75, 3.05) is 26.3 Å². The van der Waals surface area contributed by atoms with Crippen LogP contribution in [-0.2, 0) is 19.0 Å². The highest BCUT2D eigenvalue weighted by molar-refractivity contribution is 5.72.